The summed E-state index contributed by atoms with van der Waals surface area (Å²) in [4.78, 5) is 14.0. The number of ether oxygens (including phenoxy) is 2. The summed E-state index contributed by atoms with van der Waals surface area (Å²) in [6, 6.07) is 3.22. The average molecular weight is 266 g/mol. The third-order valence-corrected chi connectivity index (χ3v) is 3.25. The highest BCUT2D eigenvalue weighted by Gasteiger charge is 2.27. The SMILES string of the molecule is COc1cc(OC)c(N)c(C(=O)N2CC[C@@H](O)C2)c1. The van der Waals surface area contributed by atoms with Crippen LogP contribution in [0.5, 0.6) is 11.5 Å². The lowest BCUT2D eigenvalue weighted by atomic mass is 10.1. The van der Waals surface area contributed by atoms with Crippen molar-refractivity contribution in [3.63, 3.8) is 0 Å². The van der Waals surface area contributed by atoms with Crippen LogP contribution in [0.4, 0.5) is 5.69 Å². The Labute approximate surface area is 111 Å². The van der Waals surface area contributed by atoms with Crippen LogP contribution >= 0.6 is 0 Å². The number of nitrogen functional groups attached to an aromatic ring is 1. The molecule has 1 aliphatic heterocycles. The summed E-state index contributed by atoms with van der Waals surface area (Å²) in [7, 11) is 3.00. The van der Waals surface area contributed by atoms with Gasteiger partial charge in [0.2, 0.25) is 0 Å². The summed E-state index contributed by atoms with van der Waals surface area (Å²) in [5.74, 6) is 0.697. The second-order valence-corrected chi connectivity index (χ2v) is 4.48. The first kappa shape index (κ1) is 13.5. The summed E-state index contributed by atoms with van der Waals surface area (Å²) in [5.41, 5.74) is 6.56. The Balaban J connectivity index is 2.35. The number of aliphatic hydroxyl groups is 1. The molecular formula is C13H18N2O4. The molecule has 6 nitrogen and oxygen atoms in total. The fraction of sp³-hybridized carbons (Fsp3) is 0.462. The van der Waals surface area contributed by atoms with Crippen molar-refractivity contribution in [3.05, 3.63) is 17.7 Å². The lowest BCUT2D eigenvalue weighted by Gasteiger charge is -2.18. The Morgan fingerprint density at radius 2 is 2.16 bits per heavy atom. The van der Waals surface area contributed by atoms with Crippen LogP contribution in [0.1, 0.15) is 16.8 Å². The molecule has 3 N–H and O–H groups in total. The number of amides is 1. The highest BCUT2D eigenvalue weighted by Crippen LogP contribution is 2.32. The third kappa shape index (κ3) is 2.58. The van der Waals surface area contributed by atoms with Gasteiger partial charge in [-0.1, -0.05) is 0 Å². The van der Waals surface area contributed by atoms with Crippen LogP contribution in [0, 0.1) is 0 Å². The van der Waals surface area contributed by atoms with Crippen molar-refractivity contribution in [1.29, 1.82) is 0 Å². The molecule has 1 heterocycles. The number of methoxy groups -OCH3 is 2. The lowest BCUT2D eigenvalue weighted by Crippen LogP contribution is -2.30. The van der Waals surface area contributed by atoms with Gasteiger partial charge in [0.1, 0.15) is 11.5 Å². The van der Waals surface area contributed by atoms with Gasteiger partial charge < -0.3 is 25.2 Å². The van der Waals surface area contributed by atoms with Crippen molar-refractivity contribution in [1.82, 2.24) is 4.90 Å². The normalized spacial score (nSPS) is 18.5. The Morgan fingerprint density at radius 1 is 1.42 bits per heavy atom. The van der Waals surface area contributed by atoms with E-state index in [0.717, 1.165) is 0 Å². The maximum absolute atomic E-state index is 12.4. The maximum atomic E-state index is 12.4. The van der Waals surface area contributed by atoms with Gasteiger partial charge in [0.05, 0.1) is 31.6 Å². The first-order chi connectivity index (χ1) is 9.06. The molecule has 1 saturated heterocycles. The lowest BCUT2D eigenvalue weighted by molar-refractivity contribution is 0.0765. The second kappa shape index (κ2) is 5.36. The van der Waals surface area contributed by atoms with E-state index in [9.17, 15) is 9.90 Å². The van der Waals surface area contributed by atoms with E-state index in [1.165, 1.54) is 14.2 Å². The number of carbonyl (C=O) groups is 1. The van der Waals surface area contributed by atoms with Crippen LogP contribution in [0.3, 0.4) is 0 Å². The number of carbonyl (C=O) groups excluding carboxylic acids is 1. The predicted molar refractivity (Wildman–Crippen MR) is 70.5 cm³/mol. The van der Waals surface area contributed by atoms with E-state index in [1.54, 1.807) is 17.0 Å². The smallest absolute Gasteiger partial charge is 0.256 e. The van der Waals surface area contributed by atoms with E-state index in [-0.39, 0.29) is 11.6 Å². The van der Waals surface area contributed by atoms with Crippen molar-refractivity contribution in [2.75, 3.05) is 33.0 Å². The molecular weight excluding hydrogens is 248 g/mol. The van der Waals surface area contributed by atoms with Gasteiger partial charge in [0.25, 0.3) is 5.91 Å². The van der Waals surface area contributed by atoms with E-state index in [0.29, 0.717) is 36.6 Å². The van der Waals surface area contributed by atoms with Crippen molar-refractivity contribution in [2.24, 2.45) is 0 Å². The van der Waals surface area contributed by atoms with E-state index >= 15 is 0 Å². The predicted octanol–water partition coefficient (Wildman–Crippen LogP) is 0.493. The van der Waals surface area contributed by atoms with Gasteiger partial charge in [0, 0.05) is 19.2 Å². The minimum absolute atomic E-state index is 0.216. The molecule has 0 aliphatic carbocycles. The molecule has 1 aromatic carbocycles. The van der Waals surface area contributed by atoms with Crippen molar-refractivity contribution in [3.8, 4) is 11.5 Å². The number of nitrogens with two attached hydrogens (primary N) is 1. The highest BCUT2D eigenvalue weighted by atomic mass is 16.5. The molecule has 1 aromatic rings. The summed E-state index contributed by atoms with van der Waals surface area (Å²) in [5, 5.41) is 9.49. The minimum Gasteiger partial charge on any atom is -0.497 e. The molecule has 0 radical (unpaired) electrons. The Morgan fingerprint density at radius 3 is 2.68 bits per heavy atom. The molecule has 1 atom stereocenters. The first-order valence-corrected chi connectivity index (χ1v) is 6.05. The van der Waals surface area contributed by atoms with Crippen LogP contribution in [0.2, 0.25) is 0 Å². The Hall–Kier alpha value is -1.95. The molecule has 1 fully saturated rings. The molecule has 0 saturated carbocycles. The number of β-amino-alcohol motifs (C(OH)–C–C–N with tert-alkyl or cyclic N) is 1. The number of rotatable bonds is 3. The van der Waals surface area contributed by atoms with Gasteiger partial charge >= 0.3 is 0 Å². The molecule has 1 amide bonds. The average Bonchev–Trinajstić information content (AvgIpc) is 2.85. The van der Waals surface area contributed by atoms with E-state index < -0.39 is 6.10 Å². The number of hydrogen-bond acceptors (Lipinski definition) is 5. The molecule has 0 bridgehead atoms. The minimum atomic E-state index is -0.460. The zero-order valence-electron chi connectivity index (χ0n) is 11.0. The van der Waals surface area contributed by atoms with E-state index in [4.69, 9.17) is 15.2 Å². The molecule has 2 rings (SSSR count). The van der Waals surface area contributed by atoms with Crippen molar-refractivity contribution < 1.29 is 19.4 Å². The summed E-state index contributed by atoms with van der Waals surface area (Å²) < 4.78 is 10.3. The molecule has 6 heteroatoms. The van der Waals surface area contributed by atoms with Crippen LogP contribution in [0.25, 0.3) is 0 Å². The largest absolute Gasteiger partial charge is 0.497 e. The molecule has 104 valence electrons. The number of benzene rings is 1. The van der Waals surface area contributed by atoms with Crippen molar-refractivity contribution in [2.45, 2.75) is 12.5 Å². The zero-order chi connectivity index (χ0) is 14.0. The summed E-state index contributed by atoms with van der Waals surface area (Å²) in [6.45, 7) is 0.858. The van der Waals surface area contributed by atoms with Crippen LogP contribution in [-0.2, 0) is 0 Å². The topological polar surface area (TPSA) is 85.0 Å². The number of nitrogens with zero attached hydrogens (tertiary/aromatic N) is 1. The van der Waals surface area contributed by atoms with Gasteiger partial charge in [-0.3, -0.25) is 4.79 Å². The molecule has 0 spiro atoms. The number of anilines is 1. The van der Waals surface area contributed by atoms with Crippen LogP contribution in [-0.4, -0.2) is 49.3 Å². The fourth-order valence-corrected chi connectivity index (χ4v) is 2.16. The monoisotopic (exact) mass is 266 g/mol. The first-order valence-electron chi connectivity index (χ1n) is 6.05. The number of likely N-dealkylation sites (tertiary alicyclic amines) is 1. The summed E-state index contributed by atoms with van der Waals surface area (Å²) >= 11 is 0. The standard InChI is InChI=1S/C13H18N2O4/c1-18-9-5-10(12(14)11(6-9)19-2)13(17)15-4-3-8(16)7-15/h5-6,8,16H,3-4,7,14H2,1-2H3/t8-/m1/s1. The quantitative estimate of drug-likeness (QED) is 0.778. The van der Waals surface area contributed by atoms with Gasteiger partial charge in [-0.05, 0) is 12.5 Å². The molecule has 19 heavy (non-hydrogen) atoms. The third-order valence-electron chi connectivity index (χ3n) is 3.25. The van der Waals surface area contributed by atoms with Gasteiger partial charge in [0.15, 0.2) is 0 Å². The number of aliphatic hydroxyl groups excluding tert-OH is 1. The van der Waals surface area contributed by atoms with Gasteiger partial charge in [-0.2, -0.15) is 0 Å². The van der Waals surface area contributed by atoms with E-state index in [2.05, 4.69) is 0 Å². The molecule has 1 aliphatic rings. The number of hydrogen-bond donors (Lipinski definition) is 2. The second-order valence-electron chi connectivity index (χ2n) is 4.48. The Kier molecular flexibility index (Phi) is 3.80. The summed E-state index contributed by atoms with van der Waals surface area (Å²) in [6.07, 6.45) is 0.130. The zero-order valence-corrected chi connectivity index (χ0v) is 11.0. The van der Waals surface area contributed by atoms with Crippen molar-refractivity contribution >= 4 is 11.6 Å². The molecule has 0 aromatic heterocycles. The highest BCUT2D eigenvalue weighted by molar-refractivity contribution is 6.01. The van der Waals surface area contributed by atoms with Crippen LogP contribution < -0.4 is 15.2 Å². The fourth-order valence-electron chi connectivity index (χ4n) is 2.16. The maximum Gasteiger partial charge on any atom is 0.256 e. The van der Waals surface area contributed by atoms with E-state index in [1.807, 2.05) is 0 Å². The van der Waals surface area contributed by atoms with Gasteiger partial charge in [-0.25, -0.2) is 0 Å². The Bertz CT molecular complexity index is 490. The van der Waals surface area contributed by atoms with Crippen LogP contribution in [0.15, 0.2) is 12.1 Å². The van der Waals surface area contributed by atoms with Gasteiger partial charge in [-0.15, -0.1) is 0 Å². The molecule has 0 unspecified atom stereocenters.